The van der Waals surface area contributed by atoms with Crippen molar-refractivity contribution >= 4 is 34.4 Å². The number of methoxy groups -OCH3 is 1. The van der Waals surface area contributed by atoms with Gasteiger partial charge in [-0.25, -0.2) is 14.6 Å². The Hall–Kier alpha value is -3.76. The zero-order valence-corrected chi connectivity index (χ0v) is 20.1. The van der Waals surface area contributed by atoms with Crippen molar-refractivity contribution in [1.29, 1.82) is 0 Å². The zero-order valence-electron chi connectivity index (χ0n) is 19.2. The number of carboxylic acids is 1. The molecule has 0 spiro atoms. The van der Waals surface area contributed by atoms with E-state index in [2.05, 4.69) is 27.8 Å². The van der Waals surface area contributed by atoms with Crippen molar-refractivity contribution in [3.8, 4) is 11.1 Å². The summed E-state index contributed by atoms with van der Waals surface area (Å²) in [5.41, 5.74) is 2.87. The number of nitrogens with one attached hydrogen (secondary N) is 2. The van der Waals surface area contributed by atoms with Crippen molar-refractivity contribution in [3.05, 3.63) is 70.7 Å². The van der Waals surface area contributed by atoms with Gasteiger partial charge in [0.15, 0.2) is 10.7 Å². The Balaban J connectivity index is 1.39. The lowest BCUT2D eigenvalue weighted by molar-refractivity contribution is -0.147. The number of hydrogen-bond acceptors (Lipinski definition) is 7. The molecule has 1 aliphatic rings. The molecule has 0 saturated heterocycles. The lowest BCUT2D eigenvalue weighted by atomic mass is 9.97. The van der Waals surface area contributed by atoms with Crippen molar-refractivity contribution in [2.45, 2.75) is 24.8 Å². The third-order valence-electron chi connectivity index (χ3n) is 6.05. The number of amides is 2. The summed E-state index contributed by atoms with van der Waals surface area (Å²) in [5.74, 6) is -1.96. The summed E-state index contributed by atoms with van der Waals surface area (Å²) in [4.78, 5) is 40.9. The van der Waals surface area contributed by atoms with Crippen LogP contribution in [0.2, 0.25) is 0 Å². The molecule has 1 atom stereocenters. The molecule has 0 aliphatic heterocycles. The first-order valence-electron chi connectivity index (χ1n) is 11.0. The maximum atomic E-state index is 12.6. The molecule has 4 rings (SSSR count). The van der Waals surface area contributed by atoms with Gasteiger partial charge >= 0.3 is 12.1 Å². The predicted molar refractivity (Wildman–Crippen MR) is 131 cm³/mol. The van der Waals surface area contributed by atoms with Gasteiger partial charge in [-0.05, 0) is 28.7 Å². The first-order chi connectivity index (χ1) is 16.9. The second kappa shape index (κ2) is 10.2. The molecule has 35 heavy (non-hydrogen) atoms. The van der Waals surface area contributed by atoms with Gasteiger partial charge in [0.05, 0.1) is 6.61 Å². The Labute approximate surface area is 206 Å². The Morgan fingerprint density at radius 2 is 1.71 bits per heavy atom. The number of anilines is 1. The third-order valence-corrected chi connectivity index (χ3v) is 6.80. The van der Waals surface area contributed by atoms with Crippen LogP contribution in [0.25, 0.3) is 11.1 Å². The molecule has 1 unspecified atom stereocenters. The predicted octanol–water partition coefficient (Wildman–Crippen LogP) is 4.11. The van der Waals surface area contributed by atoms with Gasteiger partial charge in [0, 0.05) is 18.4 Å². The number of thiazole rings is 1. The largest absolute Gasteiger partial charge is 0.479 e. The zero-order chi connectivity index (χ0) is 25.0. The summed E-state index contributed by atoms with van der Waals surface area (Å²) in [6, 6.07) is 16.1. The molecule has 0 fully saturated rings. The number of benzene rings is 2. The summed E-state index contributed by atoms with van der Waals surface area (Å²) >= 11 is 1.03. The van der Waals surface area contributed by atoms with Crippen LogP contribution >= 0.6 is 11.3 Å². The highest BCUT2D eigenvalue weighted by Crippen LogP contribution is 2.44. The molecule has 2 amide bonds. The van der Waals surface area contributed by atoms with E-state index in [1.54, 1.807) is 6.92 Å². The smallest absolute Gasteiger partial charge is 0.413 e. The fraction of sp³-hybridized carbons (Fsp3) is 0.280. The molecule has 1 aliphatic carbocycles. The quantitative estimate of drug-likeness (QED) is 0.408. The molecular formula is C25H25N3O6S. The van der Waals surface area contributed by atoms with Crippen molar-refractivity contribution < 1.29 is 29.0 Å². The number of nitrogens with zero attached hydrogens (tertiary/aromatic N) is 1. The number of carboxylic acid groups (broad SMARTS) is 1. The second-order valence-electron chi connectivity index (χ2n) is 8.12. The standard InChI is InChI=1S/C25H25N3O6S/c1-3-25(14-33-2,22(30)31)28-21(29)20-13-35-23(26-20)27-24(32)34-12-19-17-10-6-4-8-15(17)16-9-5-7-11-18(16)19/h4-11,13,19H,3,12,14H2,1-2H3,(H,28,29)(H,30,31)(H,26,27,32). The van der Waals surface area contributed by atoms with Gasteiger partial charge in [-0.1, -0.05) is 55.5 Å². The normalized spacial score (nSPS) is 13.9. The van der Waals surface area contributed by atoms with Crippen LogP contribution in [0.15, 0.2) is 53.9 Å². The van der Waals surface area contributed by atoms with Crippen LogP contribution in [0.3, 0.4) is 0 Å². The van der Waals surface area contributed by atoms with Gasteiger partial charge in [0.2, 0.25) is 0 Å². The number of aromatic nitrogens is 1. The first-order valence-corrected chi connectivity index (χ1v) is 11.9. The summed E-state index contributed by atoms with van der Waals surface area (Å²) in [6.07, 6.45) is -0.572. The fourth-order valence-corrected chi connectivity index (χ4v) is 4.85. The molecule has 10 heteroatoms. The number of carbonyl (C=O) groups is 3. The molecule has 3 aromatic rings. The van der Waals surface area contributed by atoms with Crippen LogP contribution in [0.1, 0.15) is 40.9 Å². The molecule has 0 saturated carbocycles. The van der Waals surface area contributed by atoms with E-state index in [0.717, 1.165) is 33.6 Å². The minimum absolute atomic E-state index is 0.0147. The van der Waals surface area contributed by atoms with E-state index < -0.39 is 23.5 Å². The van der Waals surface area contributed by atoms with Crippen LogP contribution in [-0.2, 0) is 14.3 Å². The van der Waals surface area contributed by atoms with E-state index in [1.165, 1.54) is 12.5 Å². The Morgan fingerprint density at radius 3 is 2.29 bits per heavy atom. The van der Waals surface area contributed by atoms with E-state index in [9.17, 15) is 19.5 Å². The van der Waals surface area contributed by atoms with Crippen LogP contribution in [0.4, 0.5) is 9.93 Å². The molecule has 1 heterocycles. The summed E-state index contributed by atoms with van der Waals surface area (Å²) < 4.78 is 10.5. The average Bonchev–Trinajstić information content (AvgIpc) is 3.45. The van der Waals surface area contributed by atoms with Gasteiger partial charge in [-0.15, -0.1) is 11.3 Å². The number of rotatable bonds is 9. The molecule has 3 N–H and O–H groups in total. The van der Waals surface area contributed by atoms with E-state index in [4.69, 9.17) is 9.47 Å². The minimum Gasteiger partial charge on any atom is -0.479 e. The number of ether oxygens (including phenoxy) is 2. The molecule has 0 radical (unpaired) electrons. The number of carbonyl (C=O) groups excluding carboxylic acids is 2. The first kappa shape index (κ1) is 24.4. The average molecular weight is 496 g/mol. The van der Waals surface area contributed by atoms with Crippen LogP contribution in [0.5, 0.6) is 0 Å². The molecule has 0 bridgehead atoms. The van der Waals surface area contributed by atoms with Gasteiger partial charge in [0.25, 0.3) is 5.91 Å². The summed E-state index contributed by atoms with van der Waals surface area (Å²) in [5, 5.41) is 16.2. The van der Waals surface area contributed by atoms with Gasteiger partial charge in [0.1, 0.15) is 12.3 Å². The SMILES string of the molecule is CCC(COC)(NC(=O)c1csc(NC(=O)OCC2c3ccccc3-c3ccccc32)n1)C(=O)O. The maximum Gasteiger partial charge on any atom is 0.413 e. The topological polar surface area (TPSA) is 127 Å². The lowest BCUT2D eigenvalue weighted by Crippen LogP contribution is -2.57. The molecule has 9 nitrogen and oxygen atoms in total. The van der Waals surface area contributed by atoms with Crippen molar-refractivity contribution in [2.24, 2.45) is 0 Å². The Kier molecular flexibility index (Phi) is 7.13. The molecule has 2 aromatic carbocycles. The van der Waals surface area contributed by atoms with Crippen LogP contribution in [0, 0.1) is 0 Å². The molecule has 1 aromatic heterocycles. The third kappa shape index (κ3) is 4.89. The highest BCUT2D eigenvalue weighted by atomic mass is 32.1. The van der Waals surface area contributed by atoms with E-state index in [-0.39, 0.29) is 36.4 Å². The maximum absolute atomic E-state index is 12.6. The van der Waals surface area contributed by atoms with Gasteiger partial charge < -0.3 is 19.9 Å². The Morgan fingerprint density at radius 1 is 1.09 bits per heavy atom. The summed E-state index contributed by atoms with van der Waals surface area (Å²) in [6.45, 7) is 1.59. The molecule has 182 valence electrons. The van der Waals surface area contributed by atoms with E-state index >= 15 is 0 Å². The number of aliphatic carboxylic acids is 1. The number of hydrogen-bond donors (Lipinski definition) is 3. The van der Waals surface area contributed by atoms with Gasteiger partial charge in [-0.2, -0.15) is 0 Å². The van der Waals surface area contributed by atoms with Crippen LogP contribution < -0.4 is 10.6 Å². The van der Waals surface area contributed by atoms with Crippen molar-refractivity contribution in [3.63, 3.8) is 0 Å². The van der Waals surface area contributed by atoms with Crippen molar-refractivity contribution in [1.82, 2.24) is 10.3 Å². The minimum atomic E-state index is -1.57. The lowest BCUT2D eigenvalue weighted by Gasteiger charge is -2.28. The monoisotopic (exact) mass is 495 g/mol. The number of fused-ring (bicyclic) bond motifs is 3. The fourth-order valence-electron chi connectivity index (χ4n) is 4.18. The van der Waals surface area contributed by atoms with E-state index in [0.29, 0.717) is 0 Å². The Bertz CT molecular complexity index is 1210. The molecular weight excluding hydrogens is 470 g/mol. The van der Waals surface area contributed by atoms with Crippen LogP contribution in [-0.4, -0.2) is 53.9 Å². The van der Waals surface area contributed by atoms with E-state index in [1.807, 2.05) is 36.4 Å². The second-order valence-corrected chi connectivity index (χ2v) is 8.97. The highest BCUT2D eigenvalue weighted by molar-refractivity contribution is 7.14. The summed E-state index contributed by atoms with van der Waals surface area (Å²) in [7, 11) is 1.36. The highest BCUT2D eigenvalue weighted by Gasteiger charge is 2.39. The van der Waals surface area contributed by atoms with Crippen molar-refractivity contribution in [2.75, 3.05) is 25.6 Å². The van der Waals surface area contributed by atoms with Gasteiger partial charge in [-0.3, -0.25) is 10.1 Å².